The second-order valence-corrected chi connectivity index (χ2v) is 8.75. The number of benzene rings is 1. The monoisotopic (exact) mass is 490 g/mol. The zero-order chi connectivity index (χ0) is 24.7. The van der Waals surface area contributed by atoms with E-state index in [0.717, 1.165) is 0 Å². The second kappa shape index (κ2) is 8.56. The Bertz CT molecular complexity index is 1450. The minimum atomic E-state index is -0.879. The highest BCUT2D eigenvalue weighted by Gasteiger charge is 2.55. The van der Waals surface area contributed by atoms with E-state index in [1.165, 1.54) is 0 Å². The molecular weight excluding hydrogens is 472 g/mol. The molecule has 1 aromatic heterocycles. The highest BCUT2D eigenvalue weighted by Crippen LogP contribution is 2.53. The fraction of sp³-hybridized carbons (Fsp3) is 0.240. The maximum Gasteiger partial charge on any atom is 0.412 e. The molecular formula is C25H19ClN4O5. The molecule has 3 heterocycles. The van der Waals surface area contributed by atoms with Crippen molar-refractivity contribution in [3.8, 4) is 11.8 Å². The molecule has 0 spiro atoms. The number of allylic oxidation sites excluding steroid dienone is 3. The molecule has 0 radical (unpaired) electrons. The van der Waals surface area contributed by atoms with Crippen molar-refractivity contribution in [3.05, 3.63) is 69.9 Å². The zero-order valence-electron chi connectivity index (χ0n) is 18.8. The number of hydrogen-bond acceptors (Lipinski definition) is 7. The number of hydrogen-bond donors (Lipinski definition) is 2. The maximum atomic E-state index is 12.5. The van der Waals surface area contributed by atoms with Gasteiger partial charge in [0, 0.05) is 16.7 Å². The predicted molar refractivity (Wildman–Crippen MR) is 128 cm³/mol. The zero-order valence-corrected chi connectivity index (χ0v) is 19.5. The number of ether oxygens (including phenoxy) is 1. The van der Waals surface area contributed by atoms with Crippen LogP contribution in [-0.2, 0) is 9.53 Å². The van der Waals surface area contributed by atoms with Crippen molar-refractivity contribution in [1.29, 1.82) is 0 Å². The first-order valence-corrected chi connectivity index (χ1v) is 11.2. The van der Waals surface area contributed by atoms with Gasteiger partial charge in [0.2, 0.25) is 0 Å². The lowest BCUT2D eigenvalue weighted by atomic mass is 10.0. The van der Waals surface area contributed by atoms with Crippen LogP contribution in [0.1, 0.15) is 42.9 Å². The van der Waals surface area contributed by atoms with E-state index in [1.807, 2.05) is 6.07 Å². The molecule has 5 rings (SSSR count). The highest BCUT2D eigenvalue weighted by atomic mass is 35.5. The third-order valence-corrected chi connectivity index (χ3v) is 6.31. The van der Waals surface area contributed by atoms with Gasteiger partial charge in [-0.05, 0) is 50.7 Å². The van der Waals surface area contributed by atoms with Crippen LogP contribution < -0.4 is 5.32 Å². The largest absolute Gasteiger partial charge is 0.481 e. The topological polar surface area (TPSA) is 126 Å². The summed E-state index contributed by atoms with van der Waals surface area (Å²) in [5.74, 6) is 5.23. The van der Waals surface area contributed by atoms with E-state index in [9.17, 15) is 14.7 Å². The Morgan fingerprint density at radius 3 is 2.63 bits per heavy atom. The van der Waals surface area contributed by atoms with Crippen LogP contribution >= 0.6 is 11.6 Å². The summed E-state index contributed by atoms with van der Waals surface area (Å²) in [6.45, 7) is 3.36. The molecule has 1 atom stereocenters. The Balaban J connectivity index is 1.27. The van der Waals surface area contributed by atoms with Crippen molar-refractivity contribution in [2.45, 2.75) is 32.8 Å². The van der Waals surface area contributed by atoms with Crippen LogP contribution in [0.2, 0.25) is 5.02 Å². The summed E-state index contributed by atoms with van der Waals surface area (Å²) in [7, 11) is 0. The van der Waals surface area contributed by atoms with Crippen LogP contribution in [0.5, 0.6) is 0 Å². The first kappa shape index (κ1) is 22.6. The Hall–Kier alpha value is -4.16. The average molecular weight is 491 g/mol. The maximum absolute atomic E-state index is 12.5. The number of nitrogens with one attached hydrogen (secondary N) is 1. The van der Waals surface area contributed by atoms with E-state index in [-0.39, 0.29) is 11.4 Å². The third kappa shape index (κ3) is 4.24. The van der Waals surface area contributed by atoms with Gasteiger partial charge in [-0.2, -0.15) is 0 Å². The van der Waals surface area contributed by atoms with Gasteiger partial charge in [-0.1, -0.05) is 35.0 Å². The summed E-state index contributed by atoms with van der Waals surface area (Å²) in [4.78, 5) is 32.8. The van der Waals surface area contributed by atoms with E-state index in [4.69, 9.17) is 20.9 Å². The Morgan fingerprint density at radius 2 is 1.94 bits per heavy atom. The van der Waals surface area contributed by atoms with Crippen molar-refractivity contribution in [2.75, 3.05) is 5.32 Å². The van der Waals surface area contributed by atoms with Gasteiger partial charge in [0.05, 0.1) is 17.1 Å². The number of aromatic nitrogens is 1. The highest BCUT2D eigenvalue weighted by molar-refractivity contribution is 6.54. The molecule has 9 nitrogen and oxygen atoms in total. The normalized spacial score (nSPS) is 17.7. The smallest absolute Gasteiger partial charge is 0.412 e. The van der Waals surface area contributed by atoms with Gasteiger partial charge >= 0.3 is 12.1 Å². The SMILES string of the molecule is Cc1onc(C#CC2=CC3=NC(C4(C(=O)O)CC4)=CC3=N2)c1NC(=O)OC(C)c1ccccc1Cl. The fourth-order valence-corrected chi connectivity index (χ4v) is 4.10. The molecule has 0 bridgehead atoms. The minimum Gasteiger partial charge on any atom is -0.481 e. The molecule has 1 unspecified atom stereocenters. The molecule has 1 amide bonds. The van der Waals surface area contributed by atoms with Crippen molar-refractivity contribution in [2.24, 2.45) is 15.4 Å². The Labute approximate surface area is 205 Å². The number of aryl methyl sites for hydroxylation is 1. The van der Waals surface area contributed by atoms with Crippen molar-refractivity contribution >= 4 is 40.8 Å². The van der Waals surface area contributed by atoms with E-state index in [2.05, 4.69) is 32.3 Å². The number of fused-ring (bicyclic) bond motifs is 1. The molecule has 35 heavy (non-hydrogen) atoms. The van der Waals surface area contributed by atoms with Crippen LogP contribution in [0, 0.1) is 24.2 Å². The summed E-state index contributed by atoms with van der Waals surface area (Å²) >= 11 is 6.17. The quantitative estimate of drug-likeness (QED) is 0.577. The number of carbonyl (C=O) groups excluding carboxylic acids is 1. The van der Waals surface area contributed by atoms with E-state index in [0.29, 0.717) is 52.0 Å². The van der Waals surface area contributed by atoms with Crippen LogP contribution in [0.15, 0.2) is 62.3 Å². The standard InChI is InChI=1S/C25H19ClN4O5/c1-13(16-5-3-4-6-17(16)26)34-24(33)29-22-14(2)35-30-18(22)8-7-15-11-19-20(27-15)12-21(28-19)25(9-10-25)23(31)32/h3-6,11-13H,9-10H2,1-2H3,(H,29,33)(H,31,32). The fourth-order valence-electron chi connectivity index (χ4n) is 3.81. The van der Waals surface area contributed by atoms with Gasteiger partial charge in [-0.3, -0.25) is 10.1 Å². The molecule has 3 aliphatic rings. The second-order valence-electron chi connectivity index (χ2n) is 8.35. The number of carboxylic acids is 1. The molecule has 2 aromatic rings. The summed E-state index contributed by atoms with van der Waals surface area (Å²) in [6, 6.07) is 7.11. The van der Waals surface area contributed by atoms with E-state index >= 15 is 0 Å². The summed E-state index contributed by atoms with van der Waals surface area (Å²) in [6.07, 6.45) is 3.26. The third-order valence-electron chi connectivity index (χ3n) is 5.97. The molecule has 1 aromatic carbocycles. The molecule has 2 aliphatic heterocycles. The first-order chi connectivity index (χ1) is 16.8. The first-order valence-electron chi connectivity index (χ1n) is 10.8. The van der Waals surface area contributed by atoms with Gasteiger partial charge in [0.1, 0.15) is 22.9 Å². The molecule has 1 saturated carbocycles. The van der Waals surface area contributed by atoms with E-state index < -0.39 is 23.6 Å². The number of rotatable bonds is 5. The number of nitrogens with zero attached hydrogens (tertiary/aromatic N) is 3. The number of halogens is 1. The Morgan fingerprint density at radius 1 is 1.20 bits per heavy atom. The Kier molecular flexibility index (Phi) is 5.53. The molecule has 1 aliphatic carbocycles. The predicted octanol–water partition coefficient (Wildman–Crippen LogP) is 4.84. The number of amides is 1. The molecule has 10 heteroatoms. The lowest BCUT2D eigenvalue weighted by molar-refractivity contribution is -0.141. The lowest BCUT2D eigenvalue weighted by Gasteiger charge is -2.15. The lowest BCUT2D eigenvalue weighted by Crippen LogP contribution is -2.17. The summed E-state index contributed by atoms with van der Waals surface area (Å²) in [5.41, 5.74) is 2.45. The number of carboxylic acid groups (broad SMARTS) is 1. The summed E-state index contributed by atoms with van der Waals surface area (Å²) in [5, 5.41) is 16.5. The number of aliphatic imine (C=N–C) groups is 2. The van der Waals surface area contributed by atoms with Gasteiger partial charge in [-0.25, -0.2) is 14.8 Å². The number of aliphatic carboxylic acids is 1. The van der Waals surface area contributed by atoms with Gasteiger partial charge in [0.15, 0.2) is 11.5 Å². The van der Waals surface area contributed by atoms with Crippen molar-refractivity contribution < 1.29 is 24.0 Å². The van der Waals surface area contributed by atoms with Crippen LogP contribution in [-0.4, -0.2) is 33.7 Å². The number of carbonyl (C=O) groups is 2. The molecule has 1 fully saturated rings. The van der Waals surface area contributed by atoms with Crippen molar-refractivity contribution in [3.63, 3.8) is 0 Å². The van der Waals surface area contributed by atoms with E-state index in [1.54, 1.807) is 44.2 Å². The number of anilines is 1. The van der Waals surface area contributed by atoms with Gasteiger partial charge in [-0.15, -0.1) is 0 Å². The van der Waals surface area contributed by atoms with Crippen LogP contribution in [0.3, 0.4) is 0 Å². The minimum absolute atomic E-state index is 0.212. The molecule has 176 valence electrons. The van der Waals surface area contributed by atoms with Gasteiger partial charge < -0.3 is 14.4 Å². The average Bonchev–Trinajstić information content (AvgIpc) is 3.25. The van der Waals surface area contributed by atoms with Crippen LogP contribution in [0.25, 0.3) is 0 Å². The van der Waals surface area contributed by atoms with Crippen LogP contribution in [0.4, 0.5) is 10.5 Å². The van der Waals surface area contributed by atoms with Gasteiger partial charge in [0.25, 0.3) is 0 Å². The summed E-state index contributed by atoms with van der Waals surface area (Å²) < 4.78 is 10.6. The molecule has 0 saturated heterocycles. The van der Waals surface area contributed by atoms with Crippen molar-refractivity contribution in [1.82, 2.24) is 5.16 Å². The molecule has 2 N–H and O–H groups in total.